The molecule has 0 bridgehead atoms. The second kappa shape index (κ2) is 11.2. The monoisotopic (exact) mass is 526 g/mol. The van der Waals surface area contributed by atoms with Crippen molar-refractivity contribution in [1.29, 1.82) is 0 Å². The lowest BCUT2D eigenvalue weighted by molar-refractivity contribution is -0.117. The molecule has 0 aromatic heterocycles. The maximum absolute atomic E-state index is 11.3. The molecule has 0 saturated carbocycles. The van der Waals surface area contributed by atoms with Gasteiger partial charge in [-0.1, -0.05) is 0 Å². The molecule has 2 heterocycles. The van der Waals surface area contributed by atoms with E-state index in [0.717, 1.165) is 74.0 Å². The van der Waals surface area contributed by atoms with Crippen LogP contribution in [0.4, 0.5) is 5.69 Å². The van der Waals surface area contributed by atoms with Crippen molar-refractivity contribution < 1.29 is 14.3 Å². The molecule has 2 saturated heterocycles. The number of piperazine rings is 1. The van der Waals surface area contributed by atoms with Gasteiger partial charge in [0.2, 0.25) is 6.41 Å². The quantitative estimate of drug-likeness (QED) is 0.295. The zero-order valence-corrected chi connectivity index (χ0v) is 24.1. The minimum atomic E-state index is -0.392. The minimum absolute atomic E-state index is 0.0686. The van der Waals surface area contributed by atoms with Crippen LogP contribution >= 0.6 is 12.6 Å². The van der Waals surface area contributed by atoms with Crippen molar-refractivity contribution in [3.8, 4) is 11.5 Å². The fraction of sp³-hybridized carbons (Fsp3) is 0.586. The highest BCUT2D eigenvalue weighted by Crippen LogP contribution is 2.39. The largest absolute Gasteiger partial charge is 0.493 e. The zero-order valence-electron chi connectivity index (χ0n) is 23.2. The SMILES string of the molecule is COc1cc2cc(C)c(N=CC3CCCN3C=O)cc2cc1OCC(C)(S)C(C)(C)N1CCN(C)CC1. The van der Waals surface area contributed by atoms with Gasteiger partial charge in [-0.05, 0) is 88.2 Å². The van der Waals surface area contributed by atoms with Gasteiger partial charge in [0.1, 0.15) is 6.61 Å². The van der Waals surface area contributed by atoms with Gasteiger partial charge in [0, 0.05) is 44.5 Å². The molecule has 202 valence electrons. The number of carbonyl (C=O) groups is 1. The molecule has 1 amide bonds. The van der Waals surface area contributed by atoms with Gasteiger partial charge >= 0.3 is 0 Å². The van der Waals surface area contributed by atoms with E-state index in [-0.39, 0.29) is 11.6 Å². The third-order valence-corrected chi connectivity index (χ3v) is 9.10. The predicted molar refractivity (Wildman–Crippen MR) is 155 cm³/mol. The van der Waals surface area contributed by atoms with Crippen LogP contribution in [0.3, 0.4) is 0 Å². The first-order valence-corrected chi connectivity index (χ1v) is 13.7. The van der Waals surface area contributed by atoms with E-state index < -0.39 is 4.75 Å². The second-order valence-electron chi connectivity index (χ2n) is 11.2. The molecule has 2 aliphatic heterocycles. The molecule has 0 radical (unpaired) electrons. The molecule has 0 spiro atoms. The third-order valence-electron chi connectivity index (χ3n) is 8.42. The van der Waals surface area contributed by atoms with Crippen molar-refractivity contribution in [2.45, 2.75) is 56.9 Å². The lowest BCUT2D eigenvalue weighted by Crippen LogP contribution is -2.63. The van der Waals surface area contributed by atoms with Gasteiger partial charge < -0.3 is 19.3 Å². The number of methoxy groups -OCH3 is 1. The van der Waals surface area contributed by atoms with Gasteiger partial charge in [-0.3, -0.25) is 14.7 Å². The van der Waals surface area contributed by atoms with Crippen molar-refractivity contribution in [3.05, 3.63) is 29.8 Å². The normalized spacial score (nSPS) is 21.5. The molecule has 2 aliphatic rings. The number of amides is 1. The first-order valence-electron chi connectivity index (χ1n) is 13.2. The van der Waals surface area contributed by atoms with Crippen LogP contribution in [0.2, 0.25) is 0 Å². The lowest BCUT2D eigenvalue weighted by atomic mass is 9.86. The maximum Gasteiger partial charge on any atom is 0.210 e. The Hall–Kier alpha value is -2.29. The molecule has 4 rings (SSSR count). The molecule has 2 atom stereocenters. The van der Waals surface area contributed by atoms with Crippen LogP contribution in [-0.2, 0) is 4.79 Å². The van der Waals surface area contributed by atoms with Crippen molar-refractivity contribution in [2.24, 2.45) is 4.99 Å². The number of aryl methyl sites for hydroxylation is 1. The van der Waals surface area contributed by atoms with Crippen molar-refractivity contribution in [2.75, 3.05) is 53.5 Å². The molecular formula is C29H42N4O3S. The van der Waals surface area contributed by atoms with Gasteiger partial charge in [0.05, 0.1) is 23.6 Å². The molecule has 2 unspecified atom stereocenters. The van der Waals surface area contributed by atoms with Crippen LogP contribution in [0, 0.1) is 6.92 Å². The summed E-state index contributed by atoms with van der Waals surface area (Å²) in [4.78, 5) is 22.8. The number of likely N-dealkylation sites (N-methyl/N-ethyl adjacent to an activating group) is 1. The Balaban J connectivity index is 1.55. The van der Waals surface area contributed by atoms with Crippen molar-refractivity contribution in [1.82, 2.24) is 14.7 Å². The van der Waals surface area contributed by atoms with E-state index in [1.807, 2.05) is 23.2 Å². The molecule has 2 aromatic rings. The summed E-state index contributed by atoms with van der Waals surface area (Å²) in [5, 5.41) is 2.11. The van der Waals surface area contributed by atoms with Gasteiger partial charge in [-0.15, -0.1) is 0 Å². The van der Waals surface area contributed by atoms with Crippen LogP contribution in [0.5, 0.6) is 11.5 Å². The Morgan fingerprint density at radius 1 is 1.05 bits per heavy atom. The number of thiol groups is 1. The number of nitrogens with zero attached hydrogens (tertiary/aromatic N) is 4. The molecule has 2 fully saturated rings. The van der Waals surface area contributed by atoms with E-state index in [1.165, 1.54) is 0 Å². The van der Waals surface area contributed by atoms with Gasteiger partial charge in [0.15, 0.2) is 11.5 Å². The summed E-state index contributed by atoms with van der Waals surface area (Å²) in [7, 11) is 3.85. The van der Waals surface area contributed by atoms with Crippen LogP contribution in [0.15, 0.2) is 29.3 Å². The summed E-state index contributed by atoms with van der Waals surface area (Å²) < 4.78 is 11.7. The predicted octanol–water partition coefficient (Wildman–Crippen LogP) is 4.57. The van der Waals surface area contributed by atoms with Crippen molar-refractivity contribution >= 4 is 41.7 Å². The van der Waals surface area contributed by atoms with Gasteiger partial charge in [-0.25, -0.2) is 0 Å². The summed E-state index contributed by atoms with van der Waals surface area (Å²) in [5.74, 6) is 1.41. The fourth-order valence-electron chi connectivity index (χ4n) is 5.19. The van der Waals surface area contributed by atoms with E-state index in [2.05, 4.69) is 56.7 Å². The van der Waals surface area contributed by atoms with Crippen LogP contribution < -0.4 is 9.47 Å². The number of benzene rings is 2. The molecule has 2 aromatic carbocycles. The number of aliphatic imine (C=N–C) groups is 1. The topological polar surface area (TPSA) is 57.6 Å². The standard InChI is InChI=1S/C29H42N4O3S/c1-21-14-22-16-26(35-6)27(17-23(22)15-25(21)30-18-24-8-7-9-32(24)20-34)36-19-29(4,37)28(2,3)33-12-10-31(5)11-13-33/h14-18,20,24,37H,7-13,19H2,1-6H3. The average molecular weight is 527 g/mol. The molecular weight excluding hydrogens is 484 g/mol. The van der Waals surface area contributed by atoms with Crippen LogP contribution in [-0.4, -0.2) is 97.1 Å². The molecule has 37 heavy (non-hydrogen) atoms. The van der Waals surface area contributed by atoms with Crippen LogP contribution in [0.25, 0.3) is 10.8 Å². The van der Waals surface area contributed by atoms with E-state index in [1.54, 1.807) is 7.11 Å². The van der Waals surface area contributed by atoms with Crippen molar-refractivity contribution in [3.63, 3.8) is 0 Å². The van der Waals surface area contributed by atoms with E-state index >= 15 is 0 Å². The summed E-state index contributed by atoms with van der Waals surface area (Å²) in [6.07, 6.45) is 4.80. The lowest BCUT2D eigenvalue weighted by Gasteiger charge is -2.50. The smallest absolute Gasteiger partial charge is 0.210 e. The number of likely N-dealkylation sites (tertiary alicyclic amines) is 1. The number of hydrogen-bond acceptors (Lipinski definition) is 7. The fourth-order valence-corrected chi connectivity index (χ4v) is 5.40. The Bertz CT molecular complexity index is 1140. The zero-order chi connectivity index (χ0) is 26.8. The summed E-state index contributed by atoms with van der Waals surface area (Å²) in [6.45, 7) is 14.1. The number of carbonyl (C=O) groups excluding carboxylic acids is 1. The highest BCUT2D eigenvalue weighted by molar-refractivity contribution is 7.82. The highest BCUT2D eigenvalue weighted by Gasteiger charge is 2.44. The summed E-state index contributed by atoms with van der Waals surface area (Å²) in [6, 6.07) is 8.34. The van der Waals surface area contributed by atoms with Gasteiger partial charge in [-0.2, -0.15) is 12.6 Å². The number of hydrogen-bond donors (Lipinski definition) is 1. The highest BCUT2D eigenvalue weighted by atomic mass is 32.1. The first-order chi connectivity index (χ1) is 17.6. The first kappa shape index (κ1) is 27.7. The van der Waals surface area contributed by atoms with E-state index in [0.29, 0.717) is 18.1 Å². The minimum Gasteiger partial charge on any atom is -0.493 e. The van der Waals surface area contributed by atoms with E-state index in [4.69, 9.17) is 27.1 Å². The number of ether oxygens (including phenoxy) is 2. The summed E-state index contributed by atoms with van der Waals surface area (Å²) in [5.41, 5.74) is 1.82. The third kappa shape index (κ3) is 5.91. The molecule has 0 N–H and O–H groups in total. The second-order valence-corrected chi connectivity index (χ2v) is 12.2. The molecule has 7 nitrogen and oxygen atoms in total. The van der Waals surface area contributed by atoms with Crippen LogP contribution in [0.1, 0.15) is 39.2 Å². The molecule has 0 aliphatic carbocycles. The maximum atomic E-state index is 11.3. The van der Waals surface area contributed by atoms with E-state index in [9.17, 15) is 4.79 Å². The van der Waals surface area contributed by atoms with Gasteiger partial charge in [0.25, 0.3) is 0 Å². The Morgan fingerprint density at radius 3 is 2.41 bits per heavy atom. The molecule has 8 heteroatoms. The Morgan fingerprint density at radius 2 is 1.73 bits per heavy atom. The number of fused-ring (bicyclic) bond motifs is 1. The Kier molecular flexibility index (Phi) is 8.41. The summed E-state index contributed by atoms with van der Waals surface area (Å²) >= 11 is 5.11. The number of rotatable bonds is 9. The average Bonchev–Trinajstić information content (AvgIpc) is 3.33. The Labute approximate surface area is 227 Å².